The van der Waals surface area contributed by atoms with Crippen molar-refractivity contribution in [1.29, 1.82) is 0 Å². The molecule has 0 N–H and O–H groups in total. The van der Waals surface area contributed by atoms with Crippen LogP contribution in [0.5, 0.6) is 0 Å². The first-order valence-corrected chi connectivity index (χ1v) is 5.91. The zero-order chi connectivity index (χ0) is 11.0. The van der Waals surface area contributed by atoms with E-state index in [1.54, 1.807) is 0 Å². The van der Waals surface area contributed by atoms with Crippen molar-refractivity contribution in [3.63, 3.8) is 0 Å². The fraction of sp³-hybridized carbons (Fsp3) is 0.917. The zero-order valence-corrected chi connectivity index (χ0v) is 10.1. The zero-order valence-electron chi connectivity index (χ0n) is 10.1. The lowest BCUT2D eigenvalue weighted by Crippen LogP contribution is -2.17. The SMILES string of the molecule is CC.CC1CC1.CC1CCN(C=O)C1. The molecule has 1 amide bonds. The summed E-state index contributed by atoms with van der Waals surface area (Å²) in [5, 5.41) is 0. The molecule has 1 aliphatic carbocycles. The first kappa shape index (κ1) is 13.5. The monoisotopic (exact) mass is 199 g/mol. The molecule has 2 nitrogen and oxygen atoms in total. The van der Waals surface area contributed by atoms with Gasteiger partial charge in [-0.1, -0.05) is 40.5 Å². The van der Waals surface area contributed by atoms with Gasteiger partial charge in [0.1, 0.15) is 0 Å². The molecule has 84 valence electrons. The molecule has 1 saturated heterocycles. The third-order valence-electron chi connectivity index (χ3n) is 2.47. The molecular weight excluding hydrogens is 174 g/mol. The average Bonchev–Trinajstić information content (AvgIpc) is 2.87. The van der Waals surface area contributed by atoms with E-state index in [0.29, 0.717) is 0 Å². The van der Waals surface area contributed by atoms with Crippen LogP contribution in [0, 0.1) is 11.8 Å². The Labute approximate surface area is 88.7 Å². The molecule has 2 heteroatoms. The van der Waals surface area contributed by atoms with Gasteiger partial charge in [-0.3, -0.25) is 4.79 Å². The minimum absolute atomic E-state index is 0.722. The maximum Gasteiger partial charge on any atom is 0.209 e. The van der Waals surface area contributed by atoms with E-state index in [2.05, 4.69) is 13.8 Å². The summed E-state index contributed by atoms with van der Waals surface area (Å²) in [6.45, 7) is 10.4. The standard InChI is InChI=1S/C6H11NO.C4H8.C2H6/c1-6-2-3-7(4-6)5-8;1-4-2-3-4;1-2/h5-6H,2-4H2,1H3;4H,2-3H2,1H3;1-2H3. The summed E-state index contributed by atoms with van der Waals surface area (Å²) < 4.78 is 0. The lowest BCUT2D eigenvalue weighted by atomic mass is 10.2. The minimum atomic E-state index is 0.722. The van der Waals surface area contributed by atoms with Crippen molar-refractivity contribution >= 4 is 6.41 Å². The minimum Gasteiger partial charge on any atom is -0.345 e. The Bertz CT molecular complexity index is 143. The Hall–Kier alpha value is -0.530. The normalized spacial score (nSPS) is 24.3. The van der Waals surface area contributed by atoms with Crippen LogP contribution in [0.25, 0.3) is 0 Å². The van der Waals surface area contributed by atoms with Gasteiger partial charge < -0.3 is 4.90 Å². The summed E-state index contributed by atoms with van der Waals surface area (Å²) in [5.41, 5.74) is 0. The van der Waals surface area contributed by atoms with Crippen molar-refractivity contribution in [2.24, 2.45) is 11.8 Å². The predicted molar refractivity (Wildman–Crippen MR) is 61.2 cm³/mol. The van der Waals surface area contributed by atoms with E-state index in [1.165, 1.54) is 19.3 Å². The molecule has 1 unspecified atom stereocenters. The molecule has 0 bridgehead atoms. The summed E-state index contributed by atoms with van der Waals surface area (Å²) in [7, 11) is 0. The van der Waals surface area contributed by atoms with E-state index in [9.17, 15) is 4.79 Å². The topological polar surface area (TPSA) is 20.3 Å². The van der Waals surface area contributed by atoms with E-state index >= 15 is 0 Å². The molecule has 1 heterocycles. The first-order valence-electron chi connectivity index (χ1n) is 5.91. The molecule has 1 aliphatic heterocycles. The fourth-order valence-corrected chi connectivity index (χ4v) is 1.23. The van der Waals surface area contributed by atoms with E-state index in [4.69, 9.17) is 0 Å². The van der Waals surface area contributed by atoms with Crippen molar-refractivity contribution in [3.05, 3.63) is 0 Å². The maximum atomic E-state index is 10.1. The molecule has 1 saturated carbocycles. The highest BCUT2D eigenvalue weighted by Gasteiger charge is 2.15. The van der Waals surface area contributed by atoms with Crippen LogP contribution < -0.4 is 0 Å². The number of likely N-dealkylation sites (tertiary alicyclic amines) is 1. The van der Waals surface area contributed by atoms with Crippen molar-refractivity contribution in [1.82, 2.24) is 4.90 Å². The third kappa shape index (κ3) is 6.93. The molecule has 0 aromatic heterocycles. The summed E-state index contributed by atoms with van der Waals surface area (Å²) in [5.74, 6) is 1.81. The molecule has 0 aromatic carbocycles. The maximum absolute atomic E-state index is 10.1. The van der Waals surface area contributed by atoms with Crippen molar-refractivity contribution < 1.29 is 4.79 Å². The van der Waals surface area contributed by atoms with Crippen LogP contribution in [0.1, 0.15) is 47.0 Å². The summed E-state index contributed by atoms with van der Waals surface area (Å²) in [6.07, 6.45) is 5.09. The molecule has 2 aliphatic rings. The number of hydrogen-bond acceptors (Lipinski definition) is 1. The van der Waals surface area contributed by atoms with Gasteiger partial charge >= 0.3 is 0 Å². The van der Waals surface area contributed by atoms with Crippen molar-refractivity contribution in [2.75, 3.05) is 13.1 Å². The lowest BCUT2D eigenvalue weighted by molar-refractivity contribution is -0.117. The molecule has 0 radical (unpaired) electrons. The van der Waals surface area contributed by atoms with Crippen LogP contribution in [-0.2, 0) is 4.79 Å². The van der Waals surface area contributed by atoms with Gasteiger partial charge in [0.2, 0.25) is 6.41 Å². The number of rotatable bonds is 1. The van der Waals surface area contributed by atoms with E-state index in [-0.39, 0.29) is 0 Å². The molecule has 2 fully saturated rings. The van der Waals surface area contributed by atoms with Gasteiger partial charge in [0, 0.05) is 13.1 Å². The Balaban J connectivity index is 0.000000236. The van der Waals surface area contributed by atoms with E-state index < -0.39 is 0 Å². The number of carbonyl (C=O) groups excluding carboxylic acids is 1. The van der Waals surface area contributed by atoms with Crippen molar-refractivity contribution in [2.45, 2.75) is 47.0 Å². The van der Waals surface area contributed by atoms with E-state index in [1.807, 2.05) is 18.7 Å². The Morgan fingerprint density at radius 3 is 1.71 bits per heavy atom. The van der Waals surface area contributed by atoms with Crippen LogP contribution in [0.4, 0.5) is 0 Å². The van der Waals surface area contributed by atoms with Crippen LogP contribution in [-0.4, -0.2) is 24.4 Å². The number of carbonyl (C=O) groups is 1. The number of nitrogens with zero attached hydrogens (tertiary/aromatic N) is 1. The quantitative estimate of drug-likeness (QED) is 0.595. The van der Waals surface area contributed by atoms with Crippen LogP contribution in [0.2, 0.25) is 0 Å². The van der Waals surface area contributed by atoms with Crippen LogP contribution >= 0.6 is 0 Å². The lowest BCUT2D eigenvalue weighted by Gasteiger charge is -2.04. The van der Waals surface area contributed by atoms with Gasteiger partial charge in [0.25, 0.3) is 0 Å². The number of hydrogen-bond donors (Lipinski definition) is 0. The highest BCUT2D eigenvalue weighted by Crippen LogP contribution is 2.26. The second-order valence-corrected chi connectivity index (χ2v) is 4.18. The Kier molecular flexibility index (Phi) is 7.54. The van der Waals surface area contributed by atoms with Crippen LogP contribution in [0.3, 0.4) is 0 Å². The molecule has 0 aromatic rings. The Morgan fingerprint density at radius 2 is 1.57 bits per heavy atom. The van der Waals surface area contributed by atoms with Crippen molar-refractivity contribution in [3.8, 4) is 0 Å². The third-order valence-corrected chi connectivity index (χ3v) is 2.47. The number of amides is 1. The van der Waals surface area contributed by atoms with Gasteiger partial charge in [0.05, 0.1) is 0 Å². The predicted octanol–water partition coefficient (Wildman–Crippen LogP) is 2.93. The first-order chi connectivity index (χ1) is 6.72. The average molecular weight is 199 g/mol. The molecular formula is C12H25NO. The van der Waals surface area contributed by atoms with Gasteiger partial charge in [-0.25, -0.2) is 0 Å². The highest BCUT2D eigenvalue weighted by molar-refractivity contribution is 5.47. The van der Waals surface area contributed by atoms with Gasteiger partial charge in [-0.15, -0.1) is 0 Å². The summed E-state index contributed by atoms with van der Waals surface area (Å²) in [4.78, 5) is 11.9. The van der Waals surface area contributed by atoms with Gasteiger partial charge in [-0.2, -0.15) is 0 Å². The second kappa shape index (κ2) is 7.84. The summed E-state index contributed by atoms with van der Waals surface area (Å²) >= 11 is 0. The van der Waals surface area contributed by atoms with E-state index in [0.717, 1.165) is 31.3 Å². The Morgan fingerprint density at radius 1 is 1.07 bits per heavy atom. The molecule has 14 heavy (non-hydrogen) atoms. The second-order valence-electron chi connectivity index (χ2n) is 4.18. The highest BCUT2D eigenvalue weighted by atomic mass is 16.1. The van der Waals surface area contributed by atoms with Crippen LogP contribution in [0.15, 0.2) is 0 Å². The molecule has 2 rings (SSSR count). The fourth-order valence-electron chi connectivity index (χ4n) is 1.23. The molecule has 1 atom stereocenters. The van der Waals surface area contributed by atoms with Gasteiger partial charge in [-0.05, 0) is 18.3 Å². The molecule has 0 spiro atoms. The summed E-state index contributed by atoms with van der Waals surface area (Å²) in [6, 6.07) is 0. The smallest absolute Gasteiger partial charge is 0.209 e. The van der Waals surface area contributed by atoms with Gasteiger partial charge in [0.15, 0.2) is 0 Å². The largest absolute Gasteiger partial charge is 0.345 e.